The Balaban J connectivity index is 1.75. The molecule has 2 fully saturated rings. The van der Waals surface area contributed by atoms with Gasteiger partial charge in [-0.2, -0.15) is 4.31 Å². The number of amides is 1. The van der Waals surface area contributed by atoms with Crippen LogP contribution in [0.5, 0.6) is 0 Å². The van der Waals surface area contributed by atoms with Crippen molar-refractivity contribution in [1.82, 2.24) is 14.9 Å². The van der Waals surface area contributed by atoms with Crippen LogP contribution < -0.4 is 10.6 Å². The molecule has 2 saturated heterocycles. The number of rotatable bonds is 4. The molecule has 2 N–H and O–H groups in total. The van der Waals surface area contributed by atoms with Crippen LogP contribution in [0.25, 0.3) is 0 Å². The average Bonchev–Trinajstić information content (AvgIpc) is 2.94. The lowest BCUT2D eigenvalue weighted by molar-refractivity contribution is 0.0914. The van der Waals surface area contributed by atoms with Gasteiger partial charge in [-0.3, -0.25) is 4.79 Å². The molecule has 1 amide bonds. The molecule has 2 unspecified atom stereocenters. The Morgan fingerprint density at radius 3 is 2.62 bits per heavy atom. The van der Waals surface area contributed by atoms with Gasteiger partial charge in [0.1, 0.15) is 0 Å². The molecule has 2 aliphatic heterocycles. The molecule has 26 heavy (non-hydrogen) atoms. The molecule has 0 saturated carbocycles. The third-order valence-electron chi connectivity index (χ3n) is 5.40. The highest BCUT2D eigenvalue weighted by Crippen LogP contribution is 2.21. The normalized spacial score (nSPS) is 25.4. The second kappa shape index (κ2) is 8.50. The standard InChI is InChI=1S/C19H29N3O3S/c1-15-14-20-10-9-18(15)21-19(23)16-7-6-8-17(13-16)26(24,25)22-11-4-2-3-5-12-22/h6-8,13,15,18,20H,2-5,9-12,14H2,1H3,(H,21,23). The van der Waals surface area contributed by atoms with Gasteiger partial charge in [-0.1, -0.05) is 25.8 Å². The zero-order chi connectivity index (χ0) is 18.6. The van der Waals surface area contributed by atoms with Crippen molar-refractivity contribution in [2.24, 2.45) is 5.92 Å². The topological polar surface area (TPSA) is 78.5 Å². The molecule has 7 heteroatoms. The molecule has 144 valence electrons. The molecule has 3 rings (SSSR count). The Hall–Kier alpha value is -1.44. The first kappa shape index (κ1) is 19.3. The first-order valence-electron chi connectivity index (χ1n) is 9.60. The Bertz CT molecular complexity index is 727. The second-order valence-electron chi connectivity index (χ2n) is 7.40. The fourth-order valence-corrected chi connectivity index (χ4v) is 5.27. The van der Waals surface area contributed by atoms with Crippen molar-refractivity contribution < 1.29 is 13.2 Å². The van der Waals surface area contributed by atoms with Gasteiger partial charge in [0.25, 0.3) is 5.91 Å². The fourth-order valence-electron chi connectivity index (χ4n) is 3.71. The summed E-state index contributed by atoms with van der Waals surface area (Å²) in [5.41, 5.74) is 0.409. The number of benzene rings is 1. The van der Waals surface area contributed by atoms with Gasteiger partial charge in [-0.25, -0.2) is 8.42 Å². The minimum atomic E-state index is -3.54. The Morgan fingerprint density at radius 2 is 1.92 bits per heavy atom. The summed E-state index contributed by atoms with van der Waals surface area (Å²) in [5, 5.41) is 6.38. The monoisotopic (exact) mass is 379 g/mol. The first-order chi connectivity index (χ1) is 12.5. The first-order valence-corrected chi connectivity index (χ1v) is 11.0. The van der Waals surface area contributed by atoms with E-state index in [0.717, 1.165) is 45.2 Å². The molecule has 2 atom stereocenters. The smallest absolute Gasteiger partial charge is 0.251 e. The van der Waals surface area contributed by atoms with Crippen LogP contribution in [0.1, 0.15) is 49.4 Å². The van der Waals surface area contributed by atoms with Gasteiger partial charge in [0.2, 0.25) is 10.0 Å². The van der Waals surface area contributed by atoms with Gasteiger partial charge in [-0.05, 0) is 56.5 Å². The molecule has 2 aliphatic rings. The van der Waals surface area contributed by atoms with Crippen LogP contribution in [-0.4, -0.2) is 50.9 Å². The molecular formula is C19H29N3O3S. The summed E-state index contributed by atoms with van der Waals surface area (Å²) in [6.07, 6.45) is 4.82. The van der Waals surface area contributed by atoms with Crippen molar-refractivity contribution in [1.29, 1.82) is 0 Å². The van der Waals surface area contributed by atoms with E-state index in [-0.39, 0.29) is 16.8 Å². The molecule has 0 spiro atoms. The molecule has 0 radical (unpaired) electrons. The number of piperidine rings is 1. The van der Waals surface area contributed by atoms with E-state index < -0.39 is 10.0 Å². The Kier molecular flexibility index (Phi) is 6.32. The Labute approximate surface area is 156 Å². The highest BCUT2D eigenvalue weighted by atomic mass is 32.2. The summed E-state index contributed by atoms with van der Waals surface area (Å²) < 4.78 is 27.4. The van der Waals surface area contributed by atoms with E-state index >= 15 is 0 Å². The van der Waals surface area contributed by atoms with Crippen LogP contribution in [0.4, 0.5) is 0 Å². The van der Waals surface area contributed by atoms with Crippen molar-refractivity contribution in [3.8, 4) is 0 Å². The van der Waals surface area contributed by atoms with Crippen molar-refractivity contribution in [3.63, 3.8) is 0 Å². The molecule has 0 aliphatic carbocycles. The van der Waals surface area contributed by atoms with E-state index in [2.05, 4.69) is 17.6 Å². The van der Waals surface area contributed by atoms with E-state index in [1.807, 2.05) is 0 Å². The number of nitrogens with one attached hydrogen (secondary N) is 2. The Morgan fingerprint density at radius 1 is 1.19 bits per heavy atom. The van der Waals surface area contributed by atoms with Crippen LogP contribution in [0, 0.1) is 5.92 Å². The zero-order valence-corrected chi connectivity index (χ0v) is 16.2. The lowest BCUT2D eigenvalue weighted by Crippen LogP contribution is -2.48. The van der Waals surface area contributed by atoms with E-state index in [1.165, 1.54) is 6.07 Å². The van der Waals surface area contributed by atoms with Crippen LogP contribution >= 0.6 is 0 Å². The number of hydrogen-bond acceptors (Lipinski definition) is 4. The SMILES string of the molecule is CC1CNCCC1NC(=O)c1cccc(S(=O)(=O)N2CCCCCC2)c1. The number of sulfonamides is 1. The molecule has 2 heterocycles. The average molecular weight is 380 g/mol. The molecule has 0 bridgehead atoms. The number of carbonyl (C=O) groups excluding carboxylic acids is 1. The van der Waals surface area contributed by atoms with Crippen LogP contribution in [0.3, 0.4) is 0 Å². The third-order valence-corrected chi connectivity index (χ3v) is 7.30. The third kappa shape index (κ3) is 4.45. The van der Waals surface area contributed by atoms with Crippen molar-refractivity contribution in [2.75, 3.05) is 26.2 Å². The molecule has 1 aromatic carbocycles. The summed E-state index contributed by atoms with van der Waals surface area (Å²) >= 11 is 0. The summed E-state index contributed by atoms with van der Waals surface area (Å²) in [4.78, 5) is 12.8. The minimum absolute atomic E-state index is 0.120. The highest BCUT2D eigenvalue weighted by molar-refractivity contribution is 7.89. The predicted molar refractivity (Wildman–Crippen MR) is 102 cm³/mol. The second-order valence-corrected chi connectivity index (χ2v) is 9.33. The summed E-state index contributed by atoms with van der Waals surface area (Å²) in [7, 11) is -3.54. The molecular weight excluding hydrogens is 350 g/mol. The number of hydrogen-bond donors (Lipinski definition) is 2. The van der Waals surface area contributed by atoms with Gasteiger partial charge in [0.05, 0.1) is 4.90 Å². The van der Waals surface area contributed by atoms with Crippen LogP contribution in [0.15, 0.2) is 29.2 Å². The van der Waals surface area contributed by atoms with Crippen LogP contribution in [-0.2, 0) is 10.0 Å². The summed E-state index contributed by atoms with van der Waals surface area (Å²) in [6, 6.07) is 6.56. The lowest BCUT2D eigenvalue weighted by Gasteiger charge is -2.30. The summed E-state index contributed by atoms with van der Waals surface area (Å²) in [6.45, 7) is 5.00. The minimum Gasteiger partial charge on any atom is -0.349 e. The van der Waals surface area contributed by atoms with Gasteiger partial charge >= 0.3 is 0 Å². The molecule has 1 aromatic rings. The predicted octanol–water partition coefficient (Wildman–Crippen LogP) is 1.98. The van der Waals surface area contributed by atoms with E-state index in [1.54, 1.807) is 22.5 Å². The largest absolute Gasteiger partial charge is 0.349 e. The maximum absolute atomic E-state index is 12.9. The van der Waals surface area contributed by atoms with Crippen molar-refractivity contribution in [2.45, 2.75) is 50.0 Å². The highest BCUT2D eigenvalue weighted by Gasteiger charge is 2.27. The van der Waals surface area contributed by atoms with Gasteiger partial charge in [0.15, 0.2) is 0 Å². The zero-order valence-electron chi connectivity index (χ0n) is 15.4. The van der Waals surface area contributed by atoms with Gasteiger partial charge < -0.3 is 10.6 Å². The van der Waals surface area contributed by atoms with Gasteiger partial charge in [-0.15, -0.1) is 0 Å². The number of nitrogens with zero attached hydrogens (tertiary/aromatic N) is 1. The molecule has 6 nitrogen and oxygen atoms in total. The maximum atomic E-state index is 12.9. The maximum Gasteiger partial charge on any atom is 0.251 e. The van der Waals surface area contributed by atoms with Crippen molar-refractivity contribution >= 4 is 15.9 Å². The quantitative estimate of drug-likeness (QED) is 0.838. The fraction of sp³-hybridized carbons (Fsp3) is 0.632. The van der Waals surface area contributed by atoms with E-state index in [0.29, 0.717) is 24.6 Å². The van der Waals surface area contributed by atoms with Gasteiger partial charge in [0, 0.05) is 24.7 Å². The van der Waals surface area contributed by atoms with E-state index in [9.17, 15) is 13.2 Å². The van der Waals surface area contributed by atoms with Crippen LogP contribution in [0.2, 0.25) is 0 Å². The lowest BCUT2D eigenvalue weighted by atomic mass is 9.95. The number of carbonyl (C=O) groups is 1. The molecule has 0 aromatic heterocycles. The van der Waals surface area contributed by atoms with Crippen molar-refractivity contribution in [3.05, 3.63) is 29.8 Å². The summed E-state index contributed by atoms with van der Waals surface area (Å²) in [5.74, 6) is 0.161. The van der Waals surface area contributed by atoms with E-state index in [4.69, 9.17) is 0 Å².